The van der Waals surface area contributed by atoms with Crippen LogP contribution < -0.4 is 10.6 Å². The number of rotatable bonds is 3. The summed E-state index contributed by atoms with van der Waals surface area (Å²) in [5.74, 6) is -1.49. The molecule has 98 valence electrons. The summed E-state index contributed by atoms with van der Waals surface area (Å²) < 4.78 is 0. The first kappa shape index (κ1) is 14.2. The standard InChI is InChI=1S/C13H18N2O3/c1-8-4-5-11(9(2)6-8)15-13(18)12(17)14-7-10(3)16/h4-6,10,16H,7H2,1-3H3,(H,14,17)(H,15,18)/t10-/m0/s1. The third-order valence-electron chi connectivity index (χ3n) is 2.39. The molecule has 1 aromatic rings. The summed E-state index contributed by atoms with van der Waals surface area (Å²) in [4.78, 5) is 23.0. The molecule has 0 aliphatic carbocycles. The highest BCUT2D eigenvalue weighted by Gasteiger charge is 2.14. The maximum atomic E-state index is 11.6. The quantitative estimate of drug-likeness (QED) is 0.692. The summed E-state index contributed by atoms with van der Waals surface area (Å²) >= 11 is 0. The Labute approximate surface area is 106 Å². The normalized spacial score (nSPS) is 11.8. The van der Waals surface area contributed by atoms with E-state index in [-0.39, 0.29) is 6.54 Å². The van der Waals surface area contributed by atoms with Crippen molar-refractivity contribution in [3.63, 3.8) is 0 Å². The van der Waals surface area contributed by atoms with Crippen LogP contribution >= 0.6 is 0 Å². The number of carbonyl (C=O) groups excluding carboxylic acids is 2. The minimum absolute atomic E-state index is 0.0547. The van der Waals surface area contributed by atoms with Gasteiger partial charge in [-0.15, -0.1) is 0 Å². The van der Waals surface area contributed by atoms with Gasteiger partial charge in [0.15, 0.2) is 0 Å². The number of carbonyl (C=O) groups is 2. The Morgan fingerprint density at radius 3 is 2.50 bits per heavy atom. The molecule has 1 rings (SSSR count). The van der Waals surface area contributed by atoms with E-state index in [0.717, 1.165) is 11.1 Å². The first-order valence-corrected chi connectivity index (χ1v) is 5.74. The van der Waals surface area contributed by atoms with E-state index >= 15 is 0 Å². The largest absolute Gasteiger partial charge is 0.392 e. The van der Waals surface area contributed by atoms with Gasteiger partial charge in [-0.05, 0) is 32.4 Å². The molecular formula is C13H18N2O3. The Bertz CT molecular complexity index is 456. The molecule has 0 saturated heterocycles. The fourth-order valence-electron chi connectivity index (χ4n) is 1.45. The Morgan fingerprint density at radius 2 is 1.94 bits per heavy atom. The highest BCUT2D eigenvalue weighted by molar-refractivity contribution is 6.39. The first-order valence-electron chi connectivity index (χ1n) is 5.74. The topological polar surface area (TPSA) is 78.4 Å². The molecule has 0 heterocycles. The molecule has 0 fully saturated rings. The van der Waals surface area contributed by atoms with Crippen LogP contribution in [0, 0.1) is 13.8 Å². The molecule has 1 atom stereocenters. The second-order valence-electron chi connectivity index (χ2n) is 4.33. The van der Waals surface area contributed by atoms with Gasteiger partial charge in [0.1, 0.15) is 0 Å². The molecular weight excluding hydrogens is 232 g/mol. The number of aryl methyl sites for hydroxylation is 2. The van der Waals surface area contributed by atoms with Gasteiger partial charge in [0.2, 0.25) is 0 Å². The number of anilines is 1. The lowest BCUT2D eigenvalue weighted by atomic mass is 10.1. The third kappa shape index (κ3) is 4.18. The zero-order valence-corrected chi connectivity index (χ0v) is 10.8. The molecule has 3 N–H and O–H groups in total. The van der Waals surface area contributed by atoms with Gasteiger partial charge in [0, 0.05) is 12.2 Å². The zero-order chi connectivity index (χ0) is 13.7. The lowest BCUT2D eigenvalue weighted by Gasteiger charge is -2.10. The predicted octanol–water partition coefficient (Wildman–Crippen LogP) is 0.739. The van der Waals surface area contributed by atoms with Crippen molar-refractivity contribution in [3.05, 3.63) is 29.3 Å². The van der Waals surface area contributed by atoms with Crippen LogP contribution in [0.4, 0.5) is 5.69 Å². The van der Waals surface area contributed by atoms with Crippen molar-refractivity contribution in [2.75, 3.05) is 11.9 Å². The molecule has 0 bridgehead atoms. The molecule has 0 aromatic heterocycles. The van der Waals surface area contributed by atoms with Crippen molar-refractivity contribution in [1.82, 2.24) is 5.32 Å². The number of hydrogen-bond donors (Lipinski definition) is 3. The highest BCUT2D eigenvalue weighted by Crippen LogP contribution is 2.15. The van der Waals surface area contributed by atoms with Crippen LogP contribution in [0.5, 0.6) is 0 Å². The minimum atomic E-state index is -0.754. The summed E-state index contributed by atoms with van der Waals surface area (Å²) in [5.41, 5.74) is 2.59. The molecule has 0 aliphatic heterocycles. The van der Waals surface area contributed by atoms with Crippen LogP contribution in [-0.4, -0.2) is 29.6 Å². The Balaban J connectivity index is 2.61. The summed E-state index contributed by atoms with van der Waals surface area (Å²) in [6.07, 6.45) is -0.678. The fraction of sp³-hybridized carbons (Fsp3) is 0.385. The summed E-state index contributed by atoms with van der Waals surface area (Å²) in [5, 5.41) is 13.9. The average molecular weight is 250 g/mol. The maximum Gasteiger partial charge on any atom is 0.313 e. The van der Waals surface area contributed by atoms with Gasteiger partial charge in [-0.25, -0.2) is 0 Å². The van der Waals surface area contributed by atoms with Gasteiger partial charge in [0.05, 0.1) is 6.10 Å². The van der Waals surface area contributed by atoms with E-state index in [1.54, 1.807) is 6.07 Å². The van der Waals surface area contributed by atoms with Crippen LogP contribution in [0.15, 0.2) is 18.2 Å². The molecule has 2 amide bonds. The molecule has 5 heteroatoms. The van der Waals surface area contributed by atoms with Crippen LogP contribution in [0.1, 0.15) is 18.1 Å². The predicted molar refractivity (Wildman–Crippen MR) is 69.2 cm³/mol. The average Bonchev–Trinajstić information content (AvgIpc) is 2.29. The van der Waals surface area contributed by atoms with Crippen LogP contribution in [0.3, 0.4) is 0 Å². The molecule has 5 nitrogen and oxygen atoms in total. The SMILES string of the molecule is Cc1ccc(NC(=O)C(=O)NC[C@H](C)O)c(C)c1. The number of aliphatic hydroxyl groups excluding tert-OH is 1. The van der Waals surface area contributed by atoms with E-state index in [2.05, 4.69) is 10.6 Å². The molecule has 1 aromatic carbocycles. The monoisotopic (exact) mass is 250 g/mol. The number of nitrogens with one attached hydrogen (secondary N) is 2. The molecule has 18 heavy (non-hydrogen) atoms. The van der Waals surface area contributed by atoms with Crippen molar-refractivity contribution in [1.29, 1.82) is 0 Å². The van der Waals surface area contributed by atoms with Gasteiger partial charge >= 0.3 is 11.8 Å². The number of aliphatic hydroxyl groups is 1. The number of benzene rings is 1. The Kier molecular flexibility index (Phi) is 4.85. The number of amides is 2. The third-order valence-corrected chi connectivity index (χ3v) is 2.39. The molecule has 0 spiro atoms. The van der Waals surface area contributed by atoms with E-state index in [0.29, 0.717) is 5.69 Å². The van der Waals surface area contributed by atoms with Crippen molar-refractivity contribution in [3.8, 4) is 0 Å². The Morgan fingerprint density at radius 1 is 1.28 bits per heavy atom. The maximum absolute atomic E-state index is 11.6. The molecule has 0 unspecified atom stereocenters. The van der Waals surface area contributed by atoms with Gasteiger partial charge in [-0.2, -0.15) is 0 Å². The second kappa shape index (κ2) is 6.16. The summed E-state index contributed by atoms with van der Waals surface area (Å²) in [7, 11) is 0. The first-order chi connectivity index (χ1) is 8.40. The molecule has 0 radical (unpaired) electrons. The van der Waals surface area contributed by atoms with E-state index in [9.17, 15) is 9.59 Å². The second-order valence-corrected chi connectivity index (χ2v) is 4.33. The Hall–Kier alpha value is -1.88. The lowest BCUT2D eigenvalue weighted by Crippen LogP contribution is -2.38. The fourth-order valence-corrected chi connectivity index (χ4v) is 1.45. The number of hydrogen-bond acceptors (Lipinski definition) is 3. The highest BCUT2D eigenvalue weighted by atomic mass is 16.3. The van der Waals surface area contributed by atoms with Gasteiger partial charge in [-0.3, -0.25) is 9.59 Å². The van der Waals surface area contributed by atoms with E-state index < -0.39 is 17.9 Å². The minimum Gasteiger partial charge on any atom is -0.392 e. The van der Waals surface area contributed by atoms with Crippen molar-refractivity contribution >= 4 is 17.5 Å². The summed E-state index contributed by atoms with van der Waals surface area (Å²) in [6.45, 7) is 5.39. The van der Waals surface area contributed by atoms with Gasteiger partial charge in [0.25, 0.3) is 0 Å². The van der Waals surface area contributed by atoms with Crippen LogP contribution in [-0.2, 0) is 9.59 Å². The lowest BCUT2D eigenvalue weighted by molar-refractivity contribution is -0.136. The van der Waals surface area contributed by atoms with Gasteiger partial charge < -0.3 is 15.7 Å². The van der Waals surface area contributed by atoms with Crippen molar-refractivity contribution < 1.29 is 14.7 Å². The van der Waals surface area contributed by atoms with Gasteiger partial charge in [-0.1, -0.05) is 17.7 Å². The zero-order valence-electron chi connectivity index (χ0n) is 10.8. The summed E-state index contributed by atoms with van der Waals surface area (Å²) in [6, 6.07) is 5.53. The van der Waals surface area contributed by atoms with Crippen molar-refractivity contribution in [2.24, 2.45) is 0 Å². The van der Waals surface area contributed by atoms with E-state index in [4.69, 9.17) is 5.11 Å². The van der Waals surface area contributed by atoms with E-state index in [1.807, 2.05) is 26.0 Å². The van der Waals surface area contributed by atoms with Crippen molar-refractivity contribution in [2.45, 2.75) is 26.9 Å². The molecule has 0 aliphatic rings. The smallest absolute Gasteiger partial charge is 0.313 e. The van der Waals surface area contributed by atoms with E-state index in [1.165, 1.54) is 6.92 Å². The van der Waals surface area contributed by atoms with Crippen LogP contribution in [0.2, 0.25) is 0 Å². The molecule has 0 saturated carbocycles. The van der Waals surface area contributed by atoms with Crippen LogP contribution in [0.25, 0.3) is 0 Å².